The van der Waals surface area contributed by atoms with Gasteiger partial charge in [-0.3, -0.25) is 4.79 Å². The van der Waals surface area contributed by atoms with Crippen molar-refractivity contribution in [3.05, 3.63) is 35.9 Å². The summed E-state index contributed by atoms with van der Waals surface area (Å²) in [6.45, 7) is 2.40. The van der Waals surface area contributed by atoms with Gasteiger partial charge in [0.1, 0.15) is 5.52 Å². The fraction of sp³-hybridized carbons (Fsp3) is 0.500. The maximum Gasteiger partial charge on any atom is 0.252 e. The van der Waals surface area contributed by atoms with Crippen LogP contribution in [0, 0.1) is 0 Å². The predicted octanol–water partition coefficient (Wildman–Crippen LogP) is 2.46. The highest BCUT2D eigenvalue weighted by Crippen LogP contribution is 2.31. The zero-order valence-electron chi connectivity index (χ0n) is 14.8. The van der Waals surface area contributed by atoms with Crippen LogP contribution in [-0.4, -0.2) is 37.1 Å². The van der Waals surface area contributed by atoms with Crippen molar-refractivity contribution in [3.8, 4) is 0 Å². The number of aryl methyl sites for hydroxylation is 1. The molecule has 0 bridgehead atoms. The van der Waals surface area contributed by atoms with E-state index < -0.39 is 0 Å². The molecule has 1 saturated carbocycles. The highest BCUT2D eigenvalue weighted by Gasteiger charge is 2.20. The summed E-state index contributed by atoms with van der Waals surface area (Å²) in [6.07, 6.45) is 9.55. The lowest BCUT2D eigenvalue weighted by Crippen LogP contribution is -2.25. The Balaban J connectivity index is 1.40. The van der Waals surface area contributed by atoms with Gasteiger partial charge in [-0.1, -0.05) is 24.9 Å². The van der Waals surface area contributed by atoms with Gasteiger partial charge >= 0.3 is 0 Å². The molecule has 136 valence electrons. The maximum absolute atomic E-state index is 12.4. The summed E-state index contributed by atoms with van der Waals surface area (Å²) in [5.41, 5.74) is 2.12. The summed E-state index contributed by atoms with van der Waals surface area (Å²) in [5, 5.41) is 6.70. The normalized spacial score (nSPS) is 15.0. The lowest BCUT2D eigenvalue weighted by Gasteiger charge is -2.11. The van der Waals surface area contributed by atoms with Crippen LogP contribution in [-0.2, 0) is 12.8 Å². The number of nitrogens with zero attached hydrogens (tertiary/aromatic N) is 5. The average Bonchev–Trinajstić information content (AvgIpc) is 3.40. The van der Waals surface area contributed by atoms with Gasteiger partial charge < -0.3 is 14.4 Å². The zero-order chi connectivity index (χ0) is 17.9. The number of hydrogen-bond donors (Lipinski definition) is 1. The molecule has 1 aliphatic carbocycles. The number of rotatable bonds is 6. The number of imidazole rings is 1. The summed E-state index contributed by atoms with van der Waals surface area (Å²) in [4.78, 5) is 25.5. The predicted molar refractivity (Wildman–Crippen MR) is 94.7 cm³/mol. The zero-order valence-corrected chi connectivity index (χ0v) is 14.8. The minimum Gasteiger partial charge on any atom is -0.351 e. The van der Waals surface area contributed by atoms with Gasteiger partial charge in [-0.15, -0.1) is 0 Å². The first kappa shape index (κ1) is 16.7. The van der Waals surface area contributed by atoms with E-state index in [2.05, 4.69) is 30.0 Å². The van der Waals surface area contributed by atoms with Crippen LogP contribution in [0.1, 0.15) is 60.7 Å². The molecule has 0 atom stereocenters. The molecule has 4 rings (SSSR count). The van der Waals surface area contributed by atoms with E-state index in [1.807, 2.05) is 13.3 Å². The van der Waals surface area contributed by atoms with Crippen molar-refractivity contribution in [1.29, 1.82) is 0 Å². The molecule has 0 saturated heterocycles. The molecule has 1 amide bonds. The van der Waals surface area contributed by atoms with Crippen LogP contribution in [0.2, 0.25) is 0 Å². The van der Waals surface area contributed by atoms with Gasteiger partial charge in [0.25, 0.3) is 5.91 Å². The van der Waals surface area contributed by atoms with Crippen LogP contribution in [0.4, 0.5) is 0 Å². The first-order valence-electron chi connectivity index (χ1n) is 9.17. The second-order valence-corrected chi connectivity index (χ2v) is 6.62. The van der Waals surface area contributed by atoms with E-state index in [9.17, 15) is 4.79 Å². The molecule has 3 aromatic rings. The van der Waals surface area contributed by atoms with Gasteiger partial charge in [0.2, 0.25) is 5.89 Å². The number of fused-ring (bicyclic) bond motifs is 1. The minimum absolute atomic E-state index is 0.176. The van der Waals surface area contributed by atoms with E-state index in [4.69, 9.17) is 4.52 Å². The van der Waals surface area contributed by atoms with Crippen molar-refractivity contribution in [2.24, 2.45) is 0 Å². The Kier molecular flexibility index (Phi) is 4.64. The lowest BCUT2D eigenvalue weighted by atomic mass is 10.2. The van der Waals surface area contributed by atoms with Crippen LogP contribution < -0.4 is 5.32 Å². The molecule has 0 spiro atoms. The Bertz CT molecular complexity index is 909. The molecule has 1 N–H and O–H groups in total. The molecule has 0 aliphatic heterocycles. The van der Waals surface area contributed by atoms with Crippen molar-refractivity contribution < 1.29 is 9.32 Å². The van der Waals surface area contributed by atoms with Crippen molar-refractivity contribution >= 4 is 17.1 Å². The largest absolute Gasteiger partial charge is 0.351 e. The lowest BCUT2D eigenvalue weighted by molar-refractivity contribution is 0.0953. The van der Waals surface area contributed by atoms with Gasteiger partial charge in [0.05, 0.1) is 11.9 Å². The maximum atomic E-state index is 12.4. The third-order valence-electron chi connectivity index (χ3n) is 4.84. The Labute approximate surface area is 151 Å². The number of amides is 1. The van der Waals surface area contributed by atoms with Gasteiger partial charge in [-0.25, -0.2) is 9.97 Å². The second kappa shape index (κ2) is 7.23. The molecule has 3 heterocycles. The third kappa shape index (κ3) is 3.31. The van der Waals surface area contributed by atoms with Crippen LogP contribution >= 0.6 is 0 Å². The van der Waals surface area contributed by atoms with Crippen molar-refractivity contribution in [1.82, 2.24) is 30.0 Å². The molecular formula is C18H22N6O2. The average molecular weight is 354 g/mol. The van der Waals surface area contributed by atoms with Crippen LogP contribution in [0.25, 0.3) is 11.2 Å². The first-order valence-corrected chi connectivity index (χ1v) is 9.17. The van der Waals surface area contributed by atoms with Crippen molar-refractivity contribution in [2.45, 2.75) is 51.5 Å². The summed E-state index contributed by atoms with van der Waals surface area (Å²) in [5.74, 6) is 1.04. The summed E-state index contributed by atoms with van der Waals surface area (Å²) < 4.78 is 7.26. The molecule has 1 aliphatic rings. The Morgan fingerprint density at radius 1 is 1.35 bits per heavy atom. The summed E-state index contributed by atoms with van der Waals surface area (Å²) >= 11 is 0. The fourth-order valence-corrected chi connectivity index (χ4v) is 3.41. The third-order valence-corrected chi connectivity index (χ3v) is 4.84. The quantitative estimate of drug-likeness (QED) is 0.730. The monoisotopic (exact) mass is 354 g/mol. The smallest absolute Gasteiger partial charge is 0.252 e. The van der Waals surface area contributed by atoms with Gasteiger partial charge in [0, 0.05) is 31.6 Å². The number of nitrogens with one attached hydrogen (secondary N) is 1. The van der Waals surface area contributed by atoms with Crippen molar-refractivity contribution in [2.75, 3.05) is 6.54 Å². The Morgan fingerprint density at radius 2 is 2.19 bits per heavy atom. The summed E-state index contributed by atoms with van der Waals surface area (Å²) in [6, 6.07) is 2.28. The van der Waals surface area contributed by atoms with Crippen LogP contribution in [0.15, 0.2) is 23.1 Å². The topological polar surface area (TPSA) is 98.7 Å². The molecule has 1 fully saturated rings. The van der Waals surface area contributed by atoms with Crippen molar-refractivity contribution in [3.63, 3.8) is 0 Å². The number of carbonyl (C=O) groups is 1. The highest BCUT2D eigenvalue weighted by molar-refractivity contribution is 5.96. The molecule has 0 radical (unpaired) electrons. The number of pyridine rings is 1. The van der Waals surface area contributed by atoms with E-state index in [1.165, 1.54) is 25.7 Å². The number of hydrogen-bond acceptors (Lipinski definition) is 6. The van der Waals surface area contributed by atoms with E-state index in [0.717, 1.165) is 17.6 Å². The van der Waals surface area contributed by atoms with Crippen LogP contribution in [0.5, 0.6) is 0 Å². The standard InChI is InChI=1S/C18H22N6O2/c1-2-15-22-16(26-23-15)7-8-19-18(25)12-9-14-17(20-10-12)24(11-21-14)13-5-3-4-6-13/h9-11,13H,2-8H2,1H3,(H,19,25). The van der Waals surface area contributed by atoms with E-state index in [1.54, 1.807) is 12.3 Å². The van der Waals surface area contributed by atoms with E-state index in [-0.39, 0.29) is 5.91 Å². The number of carbonyl (C=O) groups excluding carboxylic acids is 1. The Morgan fingerprint density at radius 3 is 2.96 bits per heavy atom. The minimum atomic E-state index is -0.176. The van der Waals surface area contributed by atoms with E-state index in [0.29, 0.717) is 36.3 Å². The molecule has 3 aromatic heterocycles. The molecular weight excluding hydrogens is 332 g/mol. The molecule has 26 heavy (non-hydrogen) atoms. The van der Waals surface area contributed by atoms with Gasteiger partial charge in [-0.2, -0.15) is 4.98 Å². The molecule has 8 nitrogen and oxygen atoms in total. The number of aromatic nitrogens is 5. The molecule has 0 aromatic carbocycles. The van der Waals surface area contributed by atoms with Gasteiger partial charge in [-0.05, 0) is 18.9 Å². The first-order chi connectivity index (χ1) is 12.7. The second-order valence-electron chi connectivity index (χ2n) is 6.62. The fourth-order valence-electron chi connectivity index (χ4n) is 3.41. The summed E-state index contributed by atoms with van der Waals surface area (Å²) in [7, 11) is 0. The Hall–Kier alpha value is -2.77. The SMILES string of the molecule is CCc1noc(CCNC(=O)c2cnc3c(c2)ncn3C2CCCC2)n1. The molecule has 0 unspecified atom stereocenters. The highest BCUT2D eigenvalue weighted by atomic mass is 16.5. The van der Waals surface area contributed by atoms with Gasteiger partial charge in [0.15, 0.2) is 11.5 Å². The van der Waals surface area contributed by atoms with Crippen LogP contribution in [0.3, 0.4) is 0 Å². The van der Waals surface area contributed by atoms with E-state index >= 15 is 0 Å². The molecule has 8 heteroatoms.